The van der Waals surface area contributed by atoms with Gasteiger partial charge in [0.05, 0.1) is 97.8 Å². The van der Waals surface area contributed by atoms with Gasteiger partial charge in [0.25, 0.3) is 5.91 Å². The Bertz CT molecular complexity index is 2300. The molecule has 0 spiro atoms. The molecule has 18 nitrogen and oxygen atoms in total. The Kier molecular flexibility index (Phi) is 21.2. The van der Waals surface area contributed by atoms with Gasteiger partial charge in [0.1, 0.15) is 23.7 Å². The highest BCUT2D eigenvalue weighted by Gasteiger charge is 2.35. The van der Waals surface area contributed by atoms with Gasteiger partial charge in [-0.3, -0.25) is 4.79 Å². The summed E-state index contributed by atoms with van der Waals surface area (Å²) in [7, 11) is 3.32. The molecular formula is C49H66Cl2N6O12. The lowest BCUT2D eigenvalue weighted by atomic mass is 9.95. The number of fused-ring (bicyclic) bond motifs is 3. The number of nitrogens with one attached hydrogen (secondary N) is 3. The van der Waals surface area contributed by atoms with Crippen LogP contribution in [0.3, 0.4) is 0 Å². The molecule has 378 valence electrons. The van der Waals surface area contributed by atoms with Crippen LogP contribution in [0, 0.1) is 0 Å². The summed E-state index contributed by atoms with van der Waals surface area (Å²) in [6, 6.07) is 15.8. The van der Waals surface area contributed by atoms with Crippen molar-refractivity contribution in [2.45, 2.75) is 59.3 Å². The number of amides is 4. The van der Waals surface area contributed by atoms with E-state index in [0.29, 0.717) is 141 Å². The van der Waals surface area contributed by atoms with E-state index in [1.165, 1.54) is 0 Å². The summed E-state index contributed by atoms with van der Waals surface area (Å²) < 4.78 is 52.1. The number of anilines is 1. The van der Waals surface area contributed by atoms with Gasteiger partial charge in [0, 0.05) is 64.2 Å². The van der Waals surface area contributed by atoms with Crippen LogP contribution in [0.4, 0.5) is 15.3 Å². The maximum absolute atomic E-state index is 14.0. The van der Waals surface area contributed by atoms with Crippen molar-refractivity contribution in [3.63, 3.8) is 0 Å². The average molecular weight is 1000 g/mol. The third-order valence-corrected chi connectivity index (χ3v) is 10.7. The molecule has 5 rings (SSSR count). The Morgan fingerprint density at radius 2 is 1.28 bits per heavy atom. The molecule has 3 aromatic carbocycles. The van der Waals surface area contributed by atoms with Gasteiger partial charge in [0.2, 0.25) is 0 Å². The molecule has 0 fully saturated rings. The van der Waals surface area contributed by atoms with Crippen LogP contribution >= 0.6 is 23.2 Å². The lowest BCUT2D eigenvalue weighted by Gasteiger charge is -2.31. The minimum atomic E-state index is -0.534. The van der Waals surface area contributed by atoms with Crippen molar-refractivity contribution in [2.75, 3.05) is 112 Å². The van der Waals surface area contributed by atoms with E-state index in [1.807, 2.05) is 71.9 Å². The molecule has 1 aliphatic heterocycles. The number of carbonyl (C=O) groups excluding carboxylic acids is 3. The Balaban J connectivity index is 1.01. The molecule has 3 N–H and O–H groups in total. The highest BCUT2D eigenvalue weighted by atomic mass is 35.5. The van der Waals surface area contributed by atoms with Crippen LogP contribution in [0.25, 0.3) is 28.1 Å². The van der Waals surface area contributed by atoms with Crippen molar-refractivity contribution in [1.82, 2.24) is 25.3 Å². The van der Waals surface area contributed by atoms with Gasteiger partial charge >= 0.3 is 12.1 Å². The van der Waals surface area contributed by atoms with E-state index in [9.17, 15) is 14.4 Å². The molecule has 4 amide bonds. The third-order valence-electron chi connectivity index (χ3n) is 10.3. The van der Waals surface area contributed by atoms with Gasteiger partial charge in [-0.2, -0.15) is 5.10 Å². The summed E-state index contributed by atoms with van der Waals surface area (Å²) >= 11 is 12.9. The molecule has 1 aromatic heterocycles. The second-order valence-electron chi connectivity index (χ2n) is 17.7. The van der Waals surface area contributed by atoms with Gasteiger partial charge in [-0.1, -0.05) is 35.3 Å². The molecule has 69 heavy (non-hydrogen) atoms. The quantitative estimate of drug-likeness (QED) is 0.0513. The first-order chi connectivity index (χ1) is 32.9. The lowest BCUT2D eigenvalue weighted by molar-refractivity contribution is -0.0164. The number of ether oxygens (including phenoxy) is 9. The van der Waals surface area contributed by atoms with E-state index in [4.69, 9.17) is 70.9 Å². The van der Waals surface area contributed by atoms with Crippen molar-refractivity contribution in [2.24, 2.45) is 0 Å². The molecule has 2 heterocycles. The largest absolute Gasteiger partial charge is 0.496 e. The maximum Gasteiger partial charge on any atom is 0.407 e. The van der Waals surface area contributed by atoms with Crippen molar-refractivity contribution in [1.29, 1.82) is 0 Å². The number of hydrogen-bond donors (Lipinski definition) is 3. The normalized spacial score (nSPS) is 12.1. The van der Waals surface area contributed by atoms with E-state index in [0.717, 1.165) is 5.56 Å². The molecule has 0 radical (unpaired) electrons. The predicted molar refractivity (Wildman–Crippen MR) is 263 cm³/mol. The highest BCUT2D eigenvalue weighted by molar-refractivity contribution is 6.34. The molecule has 4 aromatic rings. The average Bonchev–Trinajstić information content (AvgIpc) is 3.69. The zero-order chi connectivity index (χ0) is 50.0. The first-order valence-electron chi connectivity index (χ1n) is 22.8. The molecule has 20 heteroatoms. The number of hydrogen-bond acceptors (Lipinski definition) is 13. The smallest absolute Gasteiger partial charge is 0.407 e. The number of alkyl carbamates (subject to hydrolysis) is 1. The van der Waals surface area contributed by atoms with E-state index in [1.54, 1.807) is 48.0 Å². The number of benzene rings is 3. The SMILES string of the molecule is COc1cc2c(cc1-c1cccc(NC(=O)NCCOCCOCCOCCOCCOCCOCCNC(=O)OC(C)(C)C)c1)-c1c(c(C(=O)N(C)C(C)(C)C)nn1-c1cc(Cl)cc(Cl)c1)CO2. The number of halogens is 2. The van der Waals surface area contributed by atoms with Crippen molar-refractivity contribution >= 4 is 46.9 Å². The lowest BCUT2D eigenvalue weighted by Crippen LogP contribution is -2.43. The summed E-state index contributed by atoms with van der Waals surface area (Å²) in [5.74, 6) is 0.822. The maximum atomic E-state index is 14.0. The van der Waals surface area contributed by atoms with Crippen LogP contribution in [0.2, 0.25) is 10.0 Å². The van der Waals surface area contributed by atoms with Crippen LogP contribution in [0.5, 0.6) is 11.5 Å². The van der Waals surface area contributed by atoms with Gasteiger partial charge in [0.15, 0.2) is 5.69 Å². The topological polar surface area (TPSA) is 191 Å². The van der Waals surface area contributed by atoms with Crippen LogP contribution in [-0.2, 0) is 39.8 Å². The molecule has 0 bridgehead atoms. The third kappa shape index (κ3) is 17.3. The van der Waals surface area contributed by atoms with Crippen LogP contribution in [-0.4, -0.2) is 150 Å². The van der Waals surface area contributed by atoms with Gasteiger partial charge in [-0.15, -0.1) is 0 Å². The van der Waals surface area contributed by atoms with Crippen LogP contribution in [0.15, 0.2) is 54.6 Å². The molecule has 0 aliphatic carbocycles. The summed E-state index contributed by atoms with van der Waals surface area (Å²) in [4.78, 5) is 40.1. The van der Waals surface area contributed by atoms with Crippen LogP contribution in [0.1, 0.15) is 57.6 Å². The molecular weight excluding hydrogens is 935 g/mol. The number of rotatable bonds is 26. The zero-order valence-electron chi connectivity index (χ0n) is 40.8. The monoisotopic (exact) mass is 1000 g/mol. The number of methoxy groups -OCH3 is 1. The summed E-state index contributed by atoms with van der Waals surface area (Å²) in [5.41, 5.74) is 3.79. The minimum absolute atomic E-state index is 0.0955. The molecule has 1 aliphatic rings. The first kappa shape index (κ1) is 54.8. The van der Waals surface area contributed by atoms with Crippen molar-refractivity contribution < 1.29 is 57.0 Å². The number of nitrogens with zero attached hydrogens (tertiary/aromatic N) is 3. The van der Waals surface area contributed by atoms with E-state index in [-0.39, 0.29) is 24.8 Å². The summed E-state index contributed by atoms with van der Waals surface area (Å²) in [6.07, 6.45) is -0.470. The predicted octanol–water partition coefficient (Wildman–Crippen LogP) is 8.03. The van der Waals surface area contributed by atoms with E-state index >= 15 is 0 Å². The highest BCUT2D eigenvalue weighted by Crippen LogP contribution is 2.46. The van der Waals surface area contributed by atoms with Gasteiger partial charge < -0.3 is 63.5 Å². The Morgan fingerprint density at radius 3 is 1.81 bits per heavy atom. The van der Waals surface area contributed by atoms with Crippen molar-refractivity contribution in [3.05, 3.63) is 75.9 Å². The second-order valence-corrected chi connectivity index (χ2v) is 18.5. The van der Waals surface area contributed by atoms with Crippen LogP contribution < -0.4 is 25.4 Å². The molecule has 0 saturated heterocycles. The van der Waals surface area contributed by atoms with Gasteiger partial charge in [-0.05, 0) is 83.5 Å². The molecule has 0 unspecified atom stereocenters. The summed E-state index contributed by atoms with van der Waals surface area (Å²) in [6.45, 7) is 16.8. The fourth-order valence-electron chi connectivity index (χ4n) is 6.68. The first-order valence-corrected chi connectivity index (χ1v) is 23.5. The Hall–Kier alpha value is -5.18. The standard InChI is InChI=1S/C49H66Cl2N6O12/c1-48(2,3)56(7)45(58)43-40-32-68-42-31-41(61-8)38(30-39(42)44(40)57(55-43)37-28-34(50)27-35(51)29-37)33-10-9-11-36(26-33)54-46(59)52-12-14-62-16-18-64-20-22-66-24-25-67-23-21-65-19-17-63-15-13-53-47(60)69-49(4,5)6/h9-11,26-31H,12-25,32H2,1-8H3,(H,53,60)(H2,52,54,59). The number of aromatic nitrogens is 2. The Labute approximate surface area is 414 Å². The zero-order valence-corrected chi connectivity index (χ0v) is 42.3. The van der Waals surface area contributed by atoms with Crippen molar-refractivity contribution in [3.8, 4) is 39.6 Å². The minimum Gasteiger partial charge on any atom is -0.496 e. The number of urea groups is 1. The second kappa shape index (κ2) is 26.7. The fraction of sp³-hybridized carbons (Fsp3) is 0.510. The number of carbonyl (C=O) groups is 3. The fourth-order valence-corrected chi connectivity index (χ4v) is 7.19. The molecule has 0 saturated carbocycles. The van der Waals surface area contributed by atoms with E-state index < -0.39 is 23.3 Å². The van der Waals surface area contributed by atoms with E-state index in [2.05, 4.69) is 16.0 Å². The Morgan fingerprint density at radius 1 is 0.725 bits per heavy atom. The summed E-state index contributed by atoms with van der Waals surface area (Å²) in [5, 5.41) is 14.0. The molecule has 0 atom stereocenters. The van der Waals surface area contributed by atoms with Gasteiger partial charge in [-0.25, -0.2) is 14.3 Å².